The summed E-state index contributed by atoms with van der Waals surface area (Å²) < 4.78 is 0. The van der Waals surface area contributed by atoms with Gasteiger partial charge in [-0.25, -0.2) is 0 Å². The van der Waals surface area contributed by atoms with Crippen molar-refractivity contribution in [2.45, 2.75) is 39.2 Å². The summed E-state index contributed by atoms with van der Waals surface area (Å²) >= 11 is 5.80. The predicted octanol–water partition coefficient (Wildman–Crippen LogP) is 2.70. The van der Waals surface area contributed by atoms with Crippen LogP contribution in [0.4, 0.5) is 0 Å². The van der Waals surface area contributed by atoms with Crippen molar-refractivity contribution in [1.29, 1.82) is 0 Å². The van der Waals surface area contributed by atoms with E-state index < -0.39 is 0 Å². The highest BCUT2D eigenvalue weighted by atomic mass is 35.5. The average Bonchev–Trinajstić information content (AvgIpc) is 2.60. The number of benzene rings is 1. The maximum atomic E-state index is 12.0. The van der Waals surface area contributed by atoms with E-state index in [9.17, 15) is 9.59 Å². The van der Waals surface area contributed by atoms with Gasteiger partial charge in [0.2, 0.25) is 5.91 Å². The van der Waals surface area contributed by atoms with Crippen molar-refractivity contribution in [3.63, 3.8) is 0 Å². The molecule has 1 atom stereocenters. The third-order valence-electron chi connectivity index (χ3n) is 4.61. The summed E-state index contributed by atoms with van der Waals surface area (Å²) in [7, 11) is 0. The molecule has 2 N–H and O–H groups in total. The first-order valence-corrected chi connectivity index (χ1v) is 9.38. The van der Waals surface area contributed by atoms with Gasteiger partial charge in [-0.15, -0.1) is 0 Å². The maximum Gasteiger partial charge on any atom is 0.251 e. The molecule has 1 aliphatic heterocycles. The molecule has 0 aliphatic carbocycles. The highest BCUT2D eigenvalue weighted by molar-refractivity contribution is 6.30. The van der Waals surface area contributed by atoms with E-state index in [-0.39, 0.29) is 11.8 Å². The quantitative estimate of drug-likeness (QED) is 0.781. The molecule has 6 heteroatoms. The number of carbonyl (C=O) groups is 2. The molecule has 0 aromatic heterocycles. The molecule has 0 bridgehead atoms. The van der Waals surface area contributed by atoms with Crippen LogP contribution in [0.15, 0.2) is 24.3 Å². The van der Waals surface area contributed by atoms with Crippen LogP contribution < -0.4 is 10.6 Å². The van der Waals surface area contributed by atoms with Crippen LogP contribution in [0, 0.1) is 5.92 Å². The van der Waals surface area contributed by atoms with E-state index in [1.165, 1.54) is 6.42 Å². The molecule has 1 aliphatic rings. The second kappa shape index (κ2) is 9.78. The van der Waals surface area contributed by atoms with E-state index in [4.69, 9.17) is 11.6 Å². The zero-order valence-corrected chi connectivity index (χ0v) is 15.8. The number of hydrogen-bond acceptors (Lipinski definition) is 3. The second-order valence-corrected chi connectivity index (χ2v) is 7.35. The van der Waals surface area contributed by atoms with Gasteiger partial charge in [0.05, 0.1) is 0 Å². The average molecular weight is 366 g/mol. The predicted molar refractivity (Wildman–Crippen MR) is 101 cm³/mol. The van der Waals surface area contributed by atoms with Gasteiger partial charge in [-0.05, 0) is 63.4 Å². The summed E-state index contributed by atoms with van der Waals surface area (Å²) in [4.78, 5) is 26.4. The summed E-state index contributed by atoms with van der Waals surface area (Å²) in [5.41, 5.74) is 0.542. The third kappa shape index (κ3) is 6.67. The maximum absolute atomic E-state index is 12.0. The monoisotopic (exact) mass is 365 g/mol. The molecule has 1 aromatic carbocycles. The lowest BCUT2D eigenvalue weighted by Crippen LogP contribution is -2.44. The van der Waals surface area contributed by atoms with Crippen molar-refractivity contribution in [2.75, 3.05) is 26.2 Å². The lowest BCUT2D eigenvalue weighted by atomic mass is 9.97. The van der Waals surface area contributed by atoms with Crippen LogP contribution in [0.2, 0.25) is 5.02 Å². The van der Waals surface area contributed by atoms with E-state index >= 15 is 0 Å². The zero-order valence-electron chi connectivity index (χ0n) is 15.1. The number of rotatable bonds is 7. The fraction of sp³-hybridized carbons (Fsp3) is 0.579. The van der Waals surface area contributed by atoms with E-state index in [0.717, 1.165) is 19.5 Å². The number of hydrogen-bond donors (Lipinski definition) is 2. The Kier molecular flexibility index (Phi) is 7.72. The van der Waals surface area contributed by atoms with Crippen molar-refractivity contribution in [3.05, 3.63) is 34.9 Å². The topological polar surface area (TPSA) is 61.4 Å². The number of nitrogens with one attached hydrogen (secondary N) is 2. The minimum absolute atomic E-state index is 0.0157. The lowest BCUT2D eigenvalue weighted by molar-refractivity contribution is -0.121. The van der Waals surface area contributed by atoms with Crippen LogP contribution in [-0.2, 0) is 4.79 Å². The third-order valence-corrected chi connectivity index (χ3v) is 4.86. The zero-order chi connectivity index (χ0) is 18.2. The first kappa shape index (κ1) is 19.7. The fourth-order valence-corrected chi connectivity index (χ4v) is 3.20. The van der Waals surface area contributed by atoms with Crippen molar-refractivity contribution in [2.24, 2.45) is 5.92 Å². The smallest absolute Gasteiger partial charge is 0.251 e. The molecular weight excluding hydrogens is 338 g/mol. The van der Waals surface area contributed by atoms with Crippen molar-refractivity contribution in [3.8, 4) is 0 Å². The van der Waals surface area contributed by atoms with Crippen LogP contribution in [0.5, 0.6) is 0 Å². The van der Waals surface area contributed by atoms with E-state index in [1.807, 2.05) is 0 Å². The Labute approximate surface area is 155 Å². The first-order valence-electron chi connectivity index (χ1n) is 9.00. The molecule has 0 saturated carbocycles. The van der Waals surface area contributed by atoms with Crippen molar-refractivity contribution in [1.82, 2.24) is 15.5 Å². The number of nitrogens with zero attached hydrogens (tertiary/aromatic N) is 1. The summed E-state index contributed by atoms with van der Waals surface area (Å²) in [6.07, 6.45) is 2.65. The van der Waals surface area contributed by atoms with Crippen molar-refractivity contribution < 1.29 is 9.59 Å². The minimum atomic E-state index is -0.190. The standard InChI is InChI=1S/C19H28ClN3O2/c1-14(2)23-11-3-4-15(13-23)12-22-18(24)9-10-21-19(25)16-5-7-17(20)8-6-16/h5-8,14-15H,3-4,9-13H2,1-2H3,(H,21,25)(H,22,24). The fourth-order valence-electron chi connectivity index (χ4n) is 3.07. The number of likely N-dealkylation sites (tertiary alicyclic amines) is 1. The number of piperidine rings is 1. The van der Waals surface area contributed by atoms with E-state index in [0.29, 0.717) is 42.1 Å². The molecule has 1 heterocycles. The molecule has 2 amide bonds. The molecule has 1 aromatic rings. The molecule has 2 rings (SSSR count). The van der Waals surface area contributed by atoms with Gasteiger partial charge in [0.15, 0.2) is 0 Å². The van der Waals surface area contributed by atoms with Crippen LogP contribution in [0.1, 0.15) is 43.5 Å². The Morgan fingerprint density at radius 3 is 2.64 bits per heavy atom. The van der Waals surface area contributed by atoms with Crippen LogP contribution in [0.3, 0.4) is 0 Å². The molecule has 5 nitrogen and oxygen atoms in total. The van der Waals surface area contributed by atoms with Crippen LogP contribution >= 0.6 is 11.6 Å². The van der Waals surface area contributed by atoms with Gasteiger partial charge in [0.25, 0.3) is 5.91 Å². The van der Waals surface area contributed by atoms with Gasteiger partial charge in [-0.1, -0.05) is 11.6 Å². The van der Waals surface area contributed by atoms with Gasteiger partial charge in [-0.3, -0.25) is 9.59 Å². The molecule has 1 saturated heterocycles. The Hall–Kier alpha value is -1.59. The Morgan fingerprint density at radius 1 is 1.24 bits per heavy atom. The molecular formula is C19H28ClN3O2. The Bertz CT molecular complexity index is 575. The number of carbonyl (C=O) groups excluding carboxylic acids is 2. The molecule has 25 heavy (non-hydrogen) atoms. The number of amides is 2. The van der Waals surface area contributed by atoms with E-state index in [2.05, 4.69) is 29.4 Å². The van der Waals surface area contributed by atoms with Gasteiger partial charge in [0.1, 0.15) is 0 Å². The van der Waals surface area contributed by atoms with Gasteiger partial charge in [-0.2, -0.15) is 0 Å². The highest BCUT2D eigenvalue weighted by Crippen LogP contribution is 2.17. The molecule has 0 spiro atoms. The lowest BCUT2D eigenvalue weighted by Gasteiger charge is -2.35. The molecule has 138 valence electrons. The molecule has 0 radical (unpaired) electrons. The minimum Gasteiger partial charge on any atom is -0.356 e. The van der Waals surface area contributed by atoms with Crippen LogP contribution in [0.25, 0.3) is 0 Å². The van der Waals surface area contributed by atoms with Gasteiger partial charge >= 0.3 is 0 Å². The summed E-state index contributed by atoms with van der Waals surface area (Å²) in [5.74, 6) is 0.311. The number of halogens is 1. The molecule has 1 unspecified atom stereocenters. The van der Waals surface area contributed by atoms with Crippen LogP contribution in [-0.4, -0.2) is 48.9 Å². The van der Waals surface area contributed by atoms with Crippen molar-refractivity contribution >= 4 is 23.4 Å². The summed E-state index contributed by atoms with van der Waals surface area (Å²) in [6, 6.07) is 7.24. The van der Waals surface area contributed by atoms with Gasteiger partial charge in [0, 0.05) is 42.7 Å². The second-order valence-electron chi connectivity index (χ2n) is 6.91. The normalized spacial score (nSPS) is 18.2. The summed E-state index contributed by atoms with van der Waals surface area (Å²) in [6.45, 7) is 7.67. The first-order chi connectivity index (χ1) is 12.0. The Morgan fingerprint density at radius 2 is 1.96 bits per heavy atom. The van der Waals surface area contributed by atoms with E-state index in [1.54, 1.807) is 24.3 Å². The largest absolute Gasteiger partial charge is 0.356 e. The Balaban J connectivity index is 1.64. The molecule has 1 fully saturated rings. The summed E-state index contributed by atoms with van der Waals surface area (Å²) in [5, 5.41) is 6.35. The SMILES string of the molecule is CC(C)N1CCCC(CNC(=O)CCNC(=O)c2ccc(Cl)cc2)C1. The van der Waals surface area contributed by atoms with Gasteiger partial charge < -0.3 is 15.5 Å². The highest BCUT2D eigenvalue weighted by Gasteiger charge is 2.21.